The Morgan fingerprint density at radius 2 is 1.83 bits per heavy atom. The van der Waals surface area contributed by atoms with Crippen molar-refractivity contribution >= 4 is 23.2 Å². The van der Waals surface area contributed by atoms with Crippen LogP contribution in [0, 0.1) is 0 Å². The highest BCUT2D eigenvalue weighted by Gasteiger charge is 2.19. The van der Waals surface area contributed by atoms with Gasteiger partial charge in [0.25, 0.3) is 5.91 Å². The molecule has 0 saturated carbocycles. The van der Waals surface area contributed by atoms with Crippen LogP contribution < -0.4 is 15.4 Å². The first kappa shape index (κ1) is 18.0. The van der Waals surface area contributed by atoms with Crippen LogP contribution in [-0.4, -0.2) is 24.5 Å². The van der Waals surface area contributed by atoms with Crippen LogP contribution in [0.4, 0.5) is 0 Å². The lowest BCUT2D eigenvalue weighted by Crippen LogP contribution is -2.45. The van der Waals surface area contributed by atoms with E-state index in [-0.39, 0.29) is 17.9 Å². The first-order chi connectivity index (χ1) is 11.5. The smallest absolute Gasteiger partial charge is 0.261 e. The minimum absolute atomic E-state index is 0.158. The van der Waals surface area contributed by atoms with Crippen molar-refractivity contribution in [2.45, 2.75) is 32.9 Å². The summed E-state index contributed by atoms with van der Waals surface area (Å²) in [7, 11) is 0. The van der Waals surface area contributed by atoms with Crippen LogP contribution >= 0.6 is 11.3 Å². The van der Waals surface area contributed by atoms with Crippen molar-refractivity contribution in [2.24, 2.45) is 0 Å². The van der Waals surface area contributed by atoms with Gasteiger partial charge in [-0.2, -0.15) is 0 Å². The molecule has 0 fully saturated rings. The van der Waals surface area contributed by atoms with Crippen molar-refractivity contribution < 1.29 is 14.3 Å². The van der Waals surface area contributed by atoms with E-state index in [1.165, 1.54) is 11.3 Å². The van der Waals surface area contributed by atoms with E-state index in [0.29, 0.717) is 11.5 Å². The normalized spacial score (nSPS) is 13.0. The monoisotopic (exact) mass is 346 g/mol. The van der Waals surface area contributed by atoms with Gasteiger partial charge < -0.3 is 15.4 Å². The van der Waals surface area contributed by atoms with Crippen molar-refractivity contribution in [1.82, 2.24) is 10.6 Å². The molecule has 2 rings (SSSR count). The van der Waals surface area contributed by atoms with Gasteiger partial charge in [0, 0.05) is 0 Å². The highest BCUT2D eigenvalue weighted by atomic mass is 32.1. The molecular formula is C18H22N2O3S. The second-order valence-electron chi connectivity index (χ2n) is 5.40. The van der Waals surface area contributed by atoms with Crippen molar-refractivity contribution in [3.8, 4) is 5.75 Å². The molecule has 0 aliphatic heterocycles. The number of rotatable bonds is 7. The maximum atomic E-state index is 12.3. The summed E-state index contributed by atoms with van der Waals surface area (Å²) in [6.07, 6.45) is 0. The predicted molar refractivity (Wildman–Crippen MR) is 95.4 cm³/mol. The van der Waals surface area contributed by atoms with Crippen LogP contribution in [0.1, 0.15) is 42.0 Å². The largest absolute Gasteiger partial charge is 0.494 e. The number of hydrogen-bond acceptors (Lipinski definition) is 4. The van der Waals surface area contributed by atoms with Crippen molar-refractivity contribution in [3.63, 3.8) is 0 Å². The van der Waals surface area contributed by atoms with Gasteiger partial charge in [-0.3, -0.25) is 9.59 Å². The first-order valence-corrected chi connectivity index (χ1v) is 8.76. The van der Waals surface area contributed by atoms with E-state index >= 15 is 0 Å². The van der Waals surface area contributed by atoms with Crippen molar-refractivity contribution in [3.05, 3.63) is 52.2 Å². The molecule has 5 nitrogen and oxygen atoms in total. The Hall–Kier alpha value is -2.34. The summed E-state index contributed by atoms with van der Waals surface area (Å²) in [5.74, 6) is 0.346. The average Bonchev–Trinajstić information content (AvgIpc) is 3.10. The number of carbonyl (C=O) groups excluding carboxylic acids is 2. The second kappa shape index (κ2) is 8.49. The average molecular weight is 346 g/mol. The zero-order chi connectivity index (χ0) is 17.5. The summed E-state index contributed by atoms with van der Waals surface area (Å²) >= 11 is 1.35. The third kappa shape index (κ3) is 4.83. The Labute approximate surface area is 146 Å². The number of thiophene rings is 1. The molecule has 24 heavy (non-hydrogen) atoms. The summed E-state index contributed by atoms with van der Waals surface area (Å²) in [5, 5.41) is 7.44. The lowest BCUT2D eigenvalue weighted by Gasteiger charge is -2.19. The molecule has 0 saturated heterocycles. The quantitative estimate of drug-likeness (QED) is 0.809. The van der Waals surface area contributed by atoms with Gasteiger partial charge >= 0.3 is 0 Å². The molecule has 0 spiro atoms. The Kier molecular flexibility index (Phi) is 6.37. The fraction of sp³-hybridized carbons (Fsp3) is 0.333. The molecule has 0 bridgehead atoms. The van der Waals surface area contributed by atoms with Crippen LogP contribution in [0.15, 0.2) is 41.8 Å². The highest BCUT2D eigenvalue weighted by molar-refractivity contribution is 7.12. The number of carbonyl (C=O) groups is 2. The number of ether oxygens (including phenoxy) is 1. The van der Waals surface area contributed by atoms with Gasteiger partial charge in [0.1, 0.15) is 11.8 Å². The Bertz CT molecular complexity index is 668. The van der Waals surface area contributed by atoms with Crippen molar-refractivity contribution in [2.75, 3.05) is 6.61 Å². The lowest BCUT2D eigenvalue weighted by atomic mass is 10.1. The maximum absolute atomic E-state index is 12.3. The second-order valence-corrected chi connectivity index (χ2v) is 6.35. The van der Waals surface area contributed by atoms with E-state index < -0.39 is 6.04 Å². The third-order valence-corrected chi connectivity index (χ3v) is 4.40. The molecule has 6 heteroatoms. The Morgan fingerprint density at radius 3 is 2.42 bits per heavy atom. The summed E-state index contributed by atoms with van der Waals surface area (Å²) in [6.45, 7) is 6.13. The number of nitrogens with one attached hydrogen (secondary N) is 2. The van der Waals surface area contributed by atoms with Crippen LogP contribution in [0.2, 0.25) is 0 Å². The number of hydrogen-bond donors (Lipinski definition) is 2. The van der Waals surface area contributed by atoms with Crippen molar-refractivity contribution in [1.29, 1.82) is 0 Å². The van der Waals surface area contributed by atoms with Gasteiger partial charge in [-0.05, 0) is 49.9 Å². The van der Waals surface area contributed by atoms with E-state index in [1.807, 2.05) is 43.5 Å². The summed E-state index contributed by atoms with van der Waals surface area (Å²) < 4.78 is 5.41. The fourth-order valence-corrected chi connectivity index (χ4v) is 2.81. The topological polar surface area (TPSA) is 67.4 Å². The van der Waals surface area contributed by atoms with E-state index in [1.54, 1.807) is 19.1 Å². The van der Waals surface area contributed by atoms with Crippen LogP contribution in [0.5, 0.6) is 5.75 Å². The SMILES string of the molecule is CCOc1ccc(C(C)NC(=O)C(C)NC(=O)c2cccs2)cc1. The standard InChI is InChI=1S/C18H22N2O3S/c1-4-23-15-9-7-14(8-10-15)12(2)19-17(21)13(3)20-18(22)16-6-5-11-24-16/h5-13H,4H2,1-3H3,(H,19,21)(H,20,22). The zero-order valence-corrected chi connectivity index (χ0v) is 14.9. The van der Waals surface area contributed by atoms with Gasteiger partial charge in [-0.1, -0.05) is 18.2 Å². The Balaban J connectivity index is 1.89. The minimum Gasteiger partial charge on any atom is -0.494 e. The predicted octanol–water partition coefficient (Wildman–Crippen LogP) is 3.14. The molecule has 2 unspecified atom stereocenters. The van der Waals surface area contributed by atoms with Gasteiger partial charge in [0.05, 0.1) is 17.5 Å². The molecule has 1 aromatic heterocycles. The van der Waals surface area contributed by atoms with Gasteiger partial charge in [0.15, 0.2) is 0 Å². The third-order valence-electron chi connectivity index (χ3n) is 3.54. The van der Waals surface area contributed by atoms with E-state index in [9.17, 15) is 9.59 Å². The molecule has 2 N–H and O–H groups in total. The summed E-state index contributed by atoms with van der Waals surface area (Å²) in [5.41, 5.74) is 0.976. The van der Waals surface area contributed by atoms with Crippen LogP contribution in [0.3, 0.4) is 0 Å². The molecule has 0 aliphatic rings. The number of amides is 2. The molecule has 128 valence electrons. The maximum Gasteiger partial charge on any atom is 0.261 e. The number of benzene rings is 1. The Morgan fingerprint density at radius 1 is 1.12 bits per heavy atom. The summed E-state index contributed by atoms with van der Waals surface area (Å²) in [6, 6.07) is 10.4. The zero-order valence-electron chi connectivity index (χ0n) is 14.0. The molecule has 0 aliphatic carbocycles. The van der Waals surface area contributed by atoms with E-state index in [4.69, 9.17) is 4.74 Å². The van der Waals surface area contributed by atoms with E-state index in [2.05, 4.69) is 10.6 Å². The first-order valence-electron chi connectivity index (χ1n) is 7.88. The lowest BCUT2D eigenvalue weighted by molar-refractivity contribution is -0.123. The molecule has 2 aromatic rings. The molecular weight excluding hydrogens is 324 g/mol. The molecule has 1 heterocycles. The van der Waals surface area contributed by atoms with Gasteiger partial charge in [-0.15, -0.1) is 11.3 Å². The molecule has 2 atom stereocenters. The fourth-order valence-electron chi connectivity index (χ4n) is 2.18. The van der Waals surface area contributed by atoms with Gasteiger partial charge in [0.2, 0.25) is 5.91 Å². The minimum atomic E-state index is -0.607. The highest BCUT2D eigenvalue weighted by Crippen LogP contribution is 2.17. The molecule has 0 radical (unpaired) electrons. The van der Waals surface area contributed by atoms with Crippen LogP contribution in [-0.2, 0) is 4.79 Å². The van der Waals surface area contributed by atoms with E-state index in [0.717, 1.165) is 11.3 Å². The summed E-state index contributed by atoms with van der Waals surface area (Å²) in [4.78, 5) is 24.8. The molecule has 1 aromatic carbocycles. The molecule has 2 amide bonds. The van der Waals surface area contributed by atoms with Gasteiger partial charge in [-0.25, -0.2) is 0 Å². The van der Waals surface area contributed by atoms with Crippen LogP contribution in [0.25, 0.3) is 0 Å².